The van der Waals surface area contributed by atoms with Crippen LogP contribution in [-0.2, 0) is 14.3 Å². The van der Waals surface area contributed by atoms with Crippen LogP contribution in [0.2, 0.25) is 5.02 Å². The number of nitriles is 1. The van der Waals surface area contributed by atoms with Gasteiger partial charge in [0, 0.05) is 24.5 Å². The number of carbonyl (C=O) groups excluding carboxylic acids is 3. The zero-order valence-electron chi connectivity index (χ0n) is 19.3. The van der Waals surface area contributed by atoms with E-state index in [9.17, 15) is 19.6 Å². The molecule has 0 spiro atoms. The zero-order valence-corrected chi connectivity index (χ0v) is 20.1. The minimum Gasteiger partial charge on any atom is -0.445 e. The number of piperidine rings is 1. The lowest BCUT2D eigenvalue weighted by Gasteiger charge is -2.28. The molecule has 0 unspecified atom stereocenters. The molecule has 1 aliphatic carbocycles. The Labute approximate surface area is 205 Å². The monoisotopic (exact) mass is 486 g/mol. The Morgan fingerprint density at radius 2 is 2.15 bits per heavy atom. The topological polar surface area (TPSA) is 112 Å². The molecule has 3 atom stereocenters. The van der Waals surface area contributed by atoms with E-state index in [4.69, 9.17) is 16.3 Å². The summed E-state index contributed by atoms with van der Waals surface area (Å²) < 4.78 is 5.33. The minimum absolute atomic E-state index is 0.0467. The predicted octanol–water partition coefficient (Wildman–Crippen LogP) is 3.51. The molecule has 2 N–H and O–H groups in total. The Balaban J connectivity index is 1.55. The van der Waals surface area contributed by atoms with Crippen LogP contribution in [0.3, 0.4) is 0 Å². The maximum absolute atomic E-state index is 13.1. The van der Waals surface area contributed by atoms with E-state index in [1.54, 1.807) is 24.3 Å². The molecule has 8 nitrogen and oxygen atoms in total. The number of nitrogens with zero attached hydrogens (tertiary/aromatic N) is 2. The highest BCUT2D eigenvalue weighted by Crippen LogP contribution is 2.34. The van der Waals surface area contributed by atoms with Crippen molar-refractivity contribution in [3.63, 3.8) is 0 Å². The van der Waals surface area contributed by atoms with Gasteiger partial charge in [-0.05, 0) is 55.4 Å². The van der Waals surface area contributed by atoms with E-state index in [-0.39, 0.29) is 24.9 Å². The number of likely N-dealkylation sites (N-methyl/N-ethyl adjacent to an activating group) is 1. The third-order valence-electron chi connectivity index (χ3n) is 6.17. The molecular weight excluding hydrogens is 456 g/mol. The van der Waals surface area contributed by atoms with Gasteiger partial charge in [-0.1, -0.05) is 42.7 Å². The molecule has 0 radical (unpaired) electrons. The third kappa shape index (κ3) is 7.77. The lowest BCUT2D eigenvalue weighted by atomic mass is 9.92. The van der Waals surface area contributed by atoms with Crippen molar-refractivity contribution >= 4 is 35.6 Å². The Hall–Kier alpha value is -3.05. The Kier molecular flexibility index (Phi) is 9.34. The molecule has 2 aliphatic rings. The van der Waals surface area contributed by atoms with E-state index in [1.165, 1.54) is 11.9 Å². The average molecular weight is 487 g/mol. The van der Waals surface area contributed by atoms with E-state index < -0.39 is 24.1 Å². The standard InChI is InChI=1S/C25H31ClN4O4/c1-30(25(33)34-12-4-6-17-5-2-8-20(26)13-17)22(14-18-9-10-18)24(32)29-21(16-27)15-19-7-3-11-28-23(19)31/h2,4-6,8,13,18-19,21-22H,3,7,9-12,14-15H2,1H3,(H,28,31)(H,29,32)/b6-4+/t19-,21-,22-/m0/s1. The number of hydrogen-bond acceptors (Lipinski definition) is 5. The van der Waals surface area contributed by atoms with Crippen LogP contribution in [-0.4, -0.2) is 55.1 Å². The third-order valence-corrected chi connectivity index (χ3v) is 6.40. The second-order valence-corrected chi connectivity index (χ2v) is 9.33. The maximum atomic E-state index is 13.1. The van der Waals surface area contributed by atoms with Crippen molar-refractivity contribution < 1.29 is 19.1 Å². The van der Waals surface area contributed by atoms with Crippen LogP contribution in [0.15, 0.2) is 30.3 Å². The highest BCUT2D eigenvalue weighted by molar-refractivity contribution is 6.30. The second kappa shape index (κ2) is 12.4. The van der Waals surface area contributed by atoms with Crippen molar-refractivity contribution in [2.24, 2.45) is 11.8 Å². The van der Waals surface area contributed by atoms with Crippen LogP contribution in [0.25, 0.3) is 6.08 Å². The fourth-order valence-corrected chi connectivity index (χ4v) is 4.21. The van der Waals surface area contributed by atoms with Crippen LogP contribution in [0, 0.1) is 23.2 Å². The van der Waals surface area contributed by atoms with Crippen LogP contribution < -0.4 is 10.6 Å². The highest BCUT2D eigenvalue weighted by Gasteiger charge is 2.36. The number of nitrogens with one attached hydrogen (secondary N) is 2. The summed E-state index contributed by atoms with van der Waals surface area (Å²) in [6.07, 6.45) is 7.23. The first kappa shape index (κ1) is 25.6. The number of rotatable bonds is 10. The molecule has 1 heterocycles. The van der Waals surface area contributed by atoms with Gasteiger partial charge in [0.1, 0.15) is 18.7 Å². The quantitative estimate of drug-likeness (QED) is 0.525. The van der Waals surface area contributed by atoms with Gasteiger partial charge in [-0.3, -0.25) is 14.5 Å². The van der Waals surface area contributed by atoms with Crippen molar-refractivity contribution in [2.75, 3.05) is 20.2 Å². The number of carbonyl (C=O) groups is 3. The number of benzene rings is 1. The summed E-state index contributed by atoms with van der Waals surface area (Å²) in [6.45, 7) is 0.689. The fourth-order valence-electron chi connectivity index (χ4n) is 4.01. The van der Waals surface area contributed by atoms with Gasteiger partial charge in [0.05, 0.1) is 6.07 Å². The fraction of sp³-hybridized carbons (Fsp3) is 0.520. The first-order valence-corrected chi connectivity index (χ1v) is 12.0. The van der Waals surface area contributed by atoms with Gasteiger partial charge < -0.3 is 15.4 Å². The van der Waals surface area contributed by atoms with Crippen LogP contribution in [0.4, 0.5) is 4.79 Å². The van der Waals surface area contributed by atoms with E-state index >= 15 is 0 Å². The van der Waals surface area contributed by atoms with Crippen molar-refractivity contribution in [1.29, 1.82) is 5.26 Å². The Morgan fingerprint density at radius 1 is 1.35 bits per heavy atom. The van der Waals surface area contributed by atoms with E-state index in [0.717, 1.165) is 24.8 Å². The van der Waals surface area contributed by atoms with E-state index in [1.807, 2.05) is 12.1 Å². The molecule has 1 aliphatic heterocycles. The summed E-state index contributed by atoms with van der Waals surface area (Å²) in [5, 5.41) is 15.7. The highest BCUT2D eigenvalue weighted by atomic mass is 35.5. The van der Waals surface area contributed by atoms with Gasteiger partial charge >= 0.3 is 6.09 Å². The average Bonchev–Trinajstić information content (AvgIpc) is 3.65. The molecule has 9 heteroatoms. The molecule has 3 rings (SSSR count). The molecule has 1 saturated carbocycles. The predicted molar refractivity (Wildman–Crippen MR) is 129 cm³/mol. The molecule has 182 valence electrons. The van der Waals surface area contributed by atoms with Gasteiger partial charge in [0.2, 0.25) is 11.8 Å². The van der Waals surface area contributed by atoms with Crippen molar-refractivity contribution in [2.45, 2.75) is 50.6 Å². The molecule has 0 aromatic heterocycles. The van der Waals surface area contributed by atoms with Crippen molar-refractivity contribution in [3.05, 3.63) is 40.9 Å². The second-order valence-electron chi connectivity index (χ2n) is 8.90. The van der Waals surface area contributed by atoms with Crippen molar-refractivity contribution in [1.82, 2.24) is 15.5 Å². The first-order valence-electron chi connectivity index (χ1n) is 11.7. The van der Waals surface area contributed by atoms with Gasteiger partial charge in [-0.2, -0.15) is 5.26 Å². The smallest absolute Gasteiger partial charge is 0.410 e. The number of halogens is 1. The summed E-state index contributed by atoms with van der Waals surface area (Å²) in [4.78, 5) is 39.0. The molecule has 1 saturated heterocycles. The SMILES string of the molecule is CN(C(=O)OC/C=C/c1cccc(Cl)c1)[C@@H](CC1CC1)C(=O)N[C@H](C#N)C[C@@H]1CCCNC1=O. The normalized spacial score (nSPS) is 19.6. The molecule has 3 amide bonds. The molecule has 1 aromatic carbocycles. The van der Waals surface area contributed by atoms with Crippen LogP contribution in [0.1, 0.15) is 44.1 Å². The lowest BCUT2D eigenvalue weighted by Crippen LogP contribution is -2.51. The van der Waals surface area contributed by atoms with E-state index in [0.29, 0.717) is 30.3 Å². The van der Waals surface area contributed by atoms with Crippen molar-refractivity contribution in [3.8, 4) is 6.07 Å². The van der Waals surface area contributed by atoms with Gasteiger partial charge in [0.15, 0.2) is 0 Å². The summed E-state index contributed by atoms with van der Waals surface area (Å²) in [7, 11) is 1.53. The molecule has 34 heavy (non-hydrogen) atoms. The summed E-state index contributed by atoms with van der Waals surface area (Å²) >= 11 is 5.97. The minimum atomic E-state index is -0.798. The maximum Gasteiger partial charge on any atom is 0.410 e. The lowest BCUT2D eigenvalue weighted by molar-refractivity contribution is -0.129. The Morgan fingerprint density at radius 3 is 2.82 bits per heavy atom. The van der Waals surface area contributed by atoms with Gasteiger partial charge in [-0.15, -0.1) is 0 Å². The molecule has 0 bridgehead atoms. The van der Waals surface area contributed by atoms with Crippen LogP contribution >= 0.6 is 11.6 Å². The van der Waals surface area contributed by atoms with Gasteiger partial charge in [-0.25, -0.2) is 4.79 Å². The largest absolute Gasteiger partial charge is 0.445 e. The summed E-state index contributed by atoms with van der Waals surface area (Å²) in [6, 6.07) is 7.84. The zero-order chi connectivity index (χ0) is 24.5. The molecular formula is C25H31ClN4O4. The number of ether oxygens (including phenoxy) is 1. The molecule has 2 fully saturated rings. The number of amides is 3. The first-order chi connectivity index (χ1) is 16.4. The summed E-state index contributed by atoms with van der Waals surface area (Å²) in [5.41, 5.74) is 0.886. The van der Waals surface area contributed by atoms with Gasteiger partial charge in [0.25, 0.3) is 0 Å². The van der Waals surface area contributed by atoms with E-state index in [2.05, 4.69) is 16.7 Å². The van der Waals surface area contributed by atoms with Crippen LogP contribution in [0.5, 0.6) is 0 Å². The number of hydrogen-bond donors (Lipinski definition) is 2. The molecule has 1 aromatic rings. The summed E-state index contributed by atoms with van der Waals surface area (Å²) in [5.74, 6) is -0.404. The Bertz CT molecular complexity index is 956.